The lowest BCUT2D eigenvalue weighted by atomic mass is 9.91. The third kappa shape index (κ3) is 9.89. The number of fused-ring (bicyclic) bond motifs is 1. The highest BCUT2D eigenvalue weighted by atomic mass is 16.6. The summed E-state index contributed by atoms with van der Waals surface area (Å²) < 4.78 is 5.44. The molecule has 0 saturated heterocycles. The highest BCUT2D eigenvalue weighted by molar-refractivity contribution is 5.85. The quantitative estimate of drug-likeness (QED) is 0.453. The van der Waals surface area contributed by atoms with Crippen LogP contribution in [0.25, 0.3) is 10.8 Å². The first-order chi connectivity index (χ1) is 16.5. The number of hydrogen-bond acceptors (Lipinski definition) is 5. The van der Waals surface area contributed by atoms with Crippen LogP contribution in [0, 0.1) is 0 Å². The normalized spacial score (nSPS) is 13.7. The molecule has 0 aliphatic rings. The van der Waals surface area contributed by atoms with Crippen LogP contribution in [0.5, 0.6) is 0 Å². The summed E-state index contributed by atoms with van der Waals surface area (Å²) in [6.07, 6.45) is -0.579. The van der Waals surface area contributed by atoms with E-state index in [9.17, 15) is 14.7 Å². The van der Waals surface area contributed by atoms with Crippen LogP contribution in [-0.2, 0) is 22.4 Å². The van der Waals surface area contributed by atoms with Crippen molar-refractivity contribution in [1.29, 1.82) is 0 Å². The van der Waals surface area contributed by atoms with Crippen molar-refractivity contribution in [2.75, 3.05) is 0 Å². The summed E-state index contributed by atoms with van der Waals surface area (Å²) in [6.45, 7) is 8.48. The van der Waals surface area contributed by atoms with E-state index in [0.717, 1.165) is 21.9 Å². The third-order valence-corrected chi connectivity index (χ3v) is 5.19. The van der Waals surface area contributed by atoms with Gasteiger partial charge >= 0.3 is 6.09 Å². The average molecular weight is 479 g/mol. The van der Waals surface area contributed by atoms with Crippen molar-refractivity contribution in [2.24, 2.45) is 5.73 Å². The molecule has 0 aromatic heterocycles. The molecule has 0 spiro atoms. The monoisotopic (exact) mass is 478 g/mol. The number of benzene rings is 3. The number of carbonyl (C=O) groups excluding carboxylic acids is 2. The number of nitrogens with two attached hydrogens (primary N) is 1. The highest BCUT2D eigenvalue weighted by Gasteiger charge is 2.29. The maximum atomic E-state index is 12.5. The van der Waals surface area contributed by atoms with Crippen LogP contribution in [0.15, 0.2) is 72.8 Å². The summed E-state index contributed by atoms with van der Waals surface area (Å²) in [7, 11) is 0. The predicted octanol–water partition coefficient (Wildman–Crippen LogP) is 4.80. The van der Waals surface area contributed by atoms with E-state index in [1.807, 2.05) is 93.6 Å². The van der Waals surface area contributed by atoms with E-state index in [0.29, 0.717) is 12.8 Å². The molecule has 0 unspecified atom stereocenters. The van der Waals surface area contributed by atoms with Gasteiger partial charge in [0.25, 0.3) is 0 Å². The van der Waals surface area contributed by atoms with Gasteiger partial charge in [0.05, 0.1) is 12.1 Å². The number of rotatable bonds is 7. The number of aliphatic hydroxyl groups is 1. The fraction of sp³-hybridized carbons (Fsp3) is 0.379. The van der Waals surface area contributed by atoms with Crippen LogP contribution in [-0.4, -0.2) is 40.8 Å². The van der Waals surface area contributed by atoms with Gasteiger partial charge in [-0.25, -0.2) is 4.79 Å². The van der Waals surface area contributed by atoms with Crippen LogP contribution in [0.2, 0.25) is 0 Å². The molecule has 3 atom stereocenters. The van der Waals surface area contributed by atoms with E-state index in [1.165, 1.54) is 13.8 Å². The summed E-state index contributed by atoms with van der Waals surface area (Å²) in [5.74, 6) is 0.167. The summed E-state index contributed by atoms with van der Waals surface area (Å²) in [6, 6.07) is 22.8. The van der Waals surface area contributed by atoms with E-state index in [2.05, 4.69) is 5.32 Å². The molecule has 6 nitrogen and oxygen atoms in total. The van der Waals surface area contributed by atoms with Crippen molar-refractivity contribution in [3.05, 3.63) is 83.9 Å². The Bertz CT molecular complexity index is 1080. The van der Waals surface area contributed by atoms with E-state index < -0.39 is 29.9 Å². The molecule has 0 aliphatic carbocycles. The first kappa shape index (κ1) is 28.0. The second-order valence-corrected chi connectivity index (χ2v) is 9.85. The van der Waals surface area contributed by atoms with Gasteiger partial charge in [0.2, 0.25) is 0 Å². The molecule has 188 valence electrons. The van der Waals surface area contributed by atoms with Gasteiger partial charge in [-0.1, -0.05) is 72.8 Å². The van der Waals surface area contributed by atoms with Crippen LogP contribution >= 0.6 is 0 Å². The topological polar surface area (TPSA) is 102 Å². The Kier molecular flexibility index (Phi) is 10.4. The predicted molar refractivity (Wildman–Crippen MR) is 141 cm³/mol. The minimum atomic E-state index is -0.952. The number of nitrogens with one attached hydrogen (secondary N) is 1. The fourth-order valence-electron chi connectivity index (χ4n) is 3.73. The Labute approximate surface area is 208 Å². The van der Waals surface area contributed by atoms with Crippen molar-refractivity contribution >= 4 is 22.6 Å². The molecular weight excluding hydrogens is 440 g/mol. The number of Topliss-reactive ketones (excluding diaryl/α,β-unsaturated/α-hetero) is 1. The smallest absolute Gasteiger partial charge is 0.407 e. The van der Waals surface area contributed by atoms with Gasteiger partial charge < -0.3 is 25.7 Å². The van der Waals surface area contributed by atoms with Crippen molar-refractivity contribution in [2.45, 2.75) is 71.2 Å². The molecule has 6 heteroatoms. The largest absolute Gasteiger partial charge is 0.444 e. The average Bonchev–Trinajstić information content (AvgIpc) is 2.77. The van der Waals surface area contributed by atoms with Crippen molar-refractivity contribution in [1.82, 2.24) is 5.32 Å². The Morgan fingerprint density at radius 1 is 0.914 bits per heavy atom. The van der Waals surface area contributed by atoms with Crippen LogP contribution < -0.4 is 11.1 Å². The van der Waals surface area contributed by atoms with Crippen molar-refractivity contribution < 1.29 is 19.4 Å². The second-order valence-electron chi connectivity index (χ2n) is 9.85. The van der Waals surface area contributed by atoms with Crippen molar-refractivity contribution in [3.63, 3.8) is 0 Å². The Balaban J connectivity index is 0.00000100. The summed E-state index contributed by atoms with van der Waals surface area (Å²) in [5, 5.41) is 16.2. The number of ketones is 1. The number of ether oxygens (including phenoxy) is 1. The zero-order valence-electron chi connectivity index (χ0n) is 21.3. The zero-order chi connectivity index (χ0) is 26.0. The summed E-state index contributed by atoms with van der Waals surface area (Å²) in [4.78, 5) is 22.0. The van der Waals surface area contributed by atoms with Crippen LogP contribution in [0.4, 0.5) is 4.79 Å². The molecule has 4 N–H and O–H groups in total. The minimum Gasteiger partial charge on any atom is -0.444 e. The fourth-order valence-corrected chi connectivity index (χ4v) is 3.73. The molecule has 3 rings (SSSR count). The first-order valence-electron chi connectivity index (χ1n) is 11.9. The van der Waals surface area contributed by atoms with Gasteiger partial charge in [-0.05, 0) is 69.4 Å². The van der Waals surface area contributed by atoms with Gasteiger partial charge in [-0.15, -0.1) is 0 Å². The Morgan fingerprint density at radius 3 is 2.11 bits per heavy atom. The highest BCUT2D eigenvalue weighted by Crippen LogP contribution is 2.21. The summed E-state index contributed by atoms with van der Waals surface area (Å²) in [5.41, 5.74) is 7.81. The SMILES string of the molecule is CC(C)(C)OC(=O)N[C@H](Cc1cccc2ccccc12)[C@@H](O)[C@H](N)Cc1ccccc1.CC(C)=O. The lowest BCUT2D eigenvalue weighted by Crippen LogP contribution is -2.54. The van der Waals surface area contributed by atoms with Gasteiger partial charge in [-0.3, -0.25) is 0 Å². The molecule has 0 bridgehead atoms. The number of hydrogen-bond donors (Lipinski definition) is 3. The van der Waals surface area contributed by atoms with E-state index in [-0.39, 0.29) is 5.78 Å². The number of carbonyl (C=O) groups is 2. The molecule has 0 fully saturated rings. The lowest BCUT2D eigenvalue weighted by Gasteiger charge is -2.30. The van der Waals surface area contributed by atoms with Gasteiger partial charge in [0.15, 0.2) is 0 Å². The lowest BCUT2D eigenvalue weighted by molar-refractivity contribution is -0.115. The molecule has 1 amide bonds. The van der Waals surface area contributed by atoms with Crippen LogP contribution in [0.3, 0.4) is 0 Å². The number of alkyl carbamates (subject to hydrolysis) is 1. The number of aliphatic hydroxyl groups excluding tert-OH is 1. The molecule has 0 radical (unpaired) electrons. The van der Waals surface area contributed by atoms with Gasteiger partial charge in [-0.2, -0.15) is 0 Å². The third-order valence-electron chi connectivity index (χ3n) is 5.19. The molecule has 3 aromatic rings. The maximum absolute atomic E-state index is 12.5. The maximum Gasteiger partial charge on any atom is 0.407 e. The molecule has 0 heterocycles. The minimum absolute atomic E-state index is 0.167. The van der Waals surface area contributed by atoms with E-state index in [1.54, 1.807) is 0 Å². The molecule has 3 aromatic carbocycles. The first-order valence-corrected chi connectivity index (χ1v) is 11.9. The summed E-state index contributed by atoms with van der Waals surface area (Å²) >= 11 is 0. The van der Waals surface area contributed by atoms with Crippen LogP contribution in [0.1, 0.15) is 45.7 Å². The zero-order valence-corrected chi connectivity index (χ0v) is 21.3. The second kappa shape index (κ2) is 13.0. The standard InChI is InChI=1S/C26H32N2O3.C3H6O/c1-26(2,3)31-25(30)28-23(24(29)22(27)16-18-10-5-4-6-11-18)17-20-14-9-13-19-12-7-8-15-21(19)20;1-3(2)4/h4-15,22-24,29H,16-17,27H2,1-3H3,(H,28,30);1-2H3/t22-,23-,24+;/m1./s1. The number of amides is 1. The molecule has 35 heavy (non-hydrogen) atoms. The van der Waals surface area contributed by atoms with Gasteiger partial charge in [0.1, 0.15) is 11.4 Å². The molecule has 0 saturated carbocycles. The van der Waals surface area contributed by atoms with E-state index in [4.69, 9.17) is 10.5 Å². The Hall–Kier alpha value is -3.22. The Morgan fingerprint density at radius 2 is 1.49 bits per heavy atom. The van der Waals surface area contributed by atoms with E-state index >= 15 is 0 Å². The van der Waals surface area contributed by atoms with Crippen molar-refractivity contribution in [3.8, 4) is 0 Å². The molecular formula is C29H38N2O4. The van der Waals surface area contributed by atoms with Gasteiger partial charge in [0, 0.05) is 6.04 Å². The molecule has 0 aliphatic heterocycles.